The molecule has 0 bridgehead atoms. The number of carbonyl (C=O) groups excluding carboxylic acids is 2. The van der Waals surface area contributed by atoms with Crippen molar-refractivity contribution in [1.29, 1.82) is 0 Å². The van der Waals surface area contributed by atoms with Gasteiger partial charge in [-0.25, -0.2) is 4.79 Å². The van der Waals surface area contributed by atoms with Crippen LogP contribution in [0, 0.1) is 0 Å². The lowest BCUT2D eigenvalue weighted by Gasteiger charge is -2.31. The van der Waals surface area contributed by atoms with Crippen LogP contribution >= 0.6 is 0 Å². The van der Waals surface area contributed by atoms with Gasteiger partial charge in [-0.1, -0.05) is 36.4 Å². The van der Waals surface area contributed by atoms with Crippen LogP contribution in [0.3, 0.4) is 0 Å². The second-order valence-electron chi connectivity index (χ2n) is 5.42. The fourth-order valence-electron chi connectivity index (χ4n) is 2.59. The maximum atomic E-state index is 12.3. The van der Waals surface area contributed by atoms with E-state index in [1.807, 2.05) is 30.3 Å². The molecule has 1 aromatic rings. The molecule has 2 amide bonds. The molecule has 0 saturated heterocycles. The lowest BCUT2D eigenvalue weighted by molar-refractivity contribution is -0.118. The summed E-state index contributed by atoms with van der Waals surface area (Å²) in [6.07, 6.45) is 4.94. The van der Waals surface area contributed by atoms with E-state index in [9.17, 15) is 9.59 Å². The van der Waals surface area contributed by atoms with Gasteiger partial charge in [-0.2, -0.15) is 0 Å². The maximum Gasteiger partial charge on any atom is 0.413 e. The number of ether oxygens (including phenoxy) is 1. The molecule has 2 rings (SSSR count). The summed E-state index contributed by atoms with van der Waals surface area (Å²) in [4.78, 5) is 25.7. The third kappa shape index (κ3) is 4.45. The predicted octanol–water partition coefficient (Wildman–Crippen LogP) is 2.99. The molecule has 1 N–H and O–H groups in total. The van der Waals surface area contributed by atoms with Crippen LogP contribution in [0.15, 0.2) is 54.8 Å². The molecule has 1 aliphatic rings. The molecule has 0 aliphatic carbocycles. The lowest BCUT2D eigenvalue weighted by Crippen LogP contribution is -2.40. The van der Waals surface area contributed by atoms with Crippen molar-refractivity contribution in [2.45, 2.75) is 31.8 Å². The number of rotatable bonds is 5. The van der Waals surface area contributed by atoms with Crippen molar-refractivity contribution in [2.24, 2.45) is 0 Å². The van der Waals surface area contributed by atoms with E-state index in [-0.39, 0.29) is 11.9 Å². The molecule has 0 radical (unpaired) electrons. The largest absolute Gasteiger partial charge is 0.452 e. The third-order valence-corrected chi connectivity index (χ3v) is 3.85. The minimum atomic E-state index is -0.454. The molecule has 0 fully saturated rings. The Bertz CT molecular complexity index is 596. The standard InChI is InChI=1S/C18H22N2O3/c1-3-7-16-11-10-15(13-20(16)18(22)23-2)17(21)19-12-14-8-5-4-6-9-14/h3-6,8-9,13,16H,1,7,10-12H2,2H3,(H,19,21)/t16-/m1/s1. The van der Waals surface area contributed by atoms with Gasteiger partial charge in [0.1, 0.15) is 0 Å². The normalized spacial score (nSPS) is 17.2. The van der Waals surface area contributed by atoms with Crippen LogP contribution in [-0.4, -0.2) is 30.1 Å². The summed E-state index contributed by atoms with van der Waals surface area (Å²) in [5.74, 6) is -0.153. The molecule has 0 saturated carbocycles. The van der Waals surface area contributed by atoms with Gasteiger partial charge in [0, 0.05) is 24.4 Å². The fourth-order valence-corrected chi connectivity index (χ4v) is 2.59. The molecular weight excluding hydrogens is 292 g/mol. The molecule has 23 heavy (non-hydrogen) atoms. The fraction of sp³-hybridized carbons (Fsp3) is 0.333. The Balaban J connectivity index is 2.04. The summed E-state index contributed by atoms with van der Waals surface area (Å²) in [6.45, 7) is 4.18. The summed E-state index contributed by atoms with van der Waals surface area (Å²) >= 11 is 0. The van der Waals surface area contributed by atoms with Crippen LogP contribution < -0.4 is 5.32 Å². The molecule has 1 atom stereocenters. The molecule has 0 spiro atoms. The Morgan fingerprint density at radius 3 is 2.78 bits per heavy atom. The van der Waals surface area contributed by atoms with E-state index < -0.39 is 6.09 Å². The monoisotopic (exact) mass is 314 g/mol. The zero-order chi connectivity index (χ0) is 16.7. The predicted molar refractivity (Wildman–Crippen MR) is 88.5 cm³/mol. The number of nitrogens with zero attached hydrogens (tertiary/aromatic N) is 1. The quantitative estimate of drug-likeness (QED) is 0.850. The van der Waals surface area contributed by atoms with Crippen LogP contribution in [0.25, 0.3) is 0 Å². The zero-order valence-electron chi connectivity index (χ0n) is 13.3. The van der Waals surface area contributed by atoms with Gasteiger partial charge >= 0.3 is 6.09 Å². The van der Waals surface area contributed by atoms with E-state index in [1.54, 1.807) is 12.3 Å². The van der Waals surface area contributed by atoms with Crippen LogP contribution in [0.2, 0.25) is 0 Å². The van der Waals surface area contributed by atoms with Gasteiger partial charge in [-0.05, 0) is 24.8 Å². The first-order valence-corrected chi connectivity index (χ1v) is 7.65. The van der Waals surface area contributed by atoms with Crippen molar-refractivity contribution in [1.82, 2.24) is 10.2 Å². The summed E-state index contributed by atoms with van der Waals surface area (Å²) in [7, 11) is 1.34. The Morgan fingerprint density at radius 1 is 1.39 bits per heavy atom. The average molecular weight is 314 g/mol. The highest BCUT2D eigenvalue weighted by atomic mass is 16.5. The average Bonchev–Trinajstić information content (AvgIpc) is 2.60. The second kappa shape index (κ2) is 8.17. The number of carbonyl (C=O) groups is 2. The van der Waals surface area contributed by atoms with Gasteiger partial charge in [0.05, 0.1) is 7.11 Å². The van der Waals surface area contributed by atoms with Gasteiger partial charge in [0.2, 0.25) is 5.91 Å². The van der Waals surface area contributed by atoms with E-state index >= 15 is 0 Å². The lowest BCUT2D eigenvalue weighted by atomic mass is 9.97. The number of methoxy groups -OCH3 is 1. The Hall–Kier alpha value is -2.56. The number of hydrogen-bond acceptors (Lipinski definition) is 3. The van der Waals surface area contributed by atoms with Crippen molar-refractivity contribution >= 4 is 12.0 Å². The van der Waals surface area contributed by atoms with Gasteiger partial charge < -0.3 is 10.1 Å². The molecule has 0 unspecified atom stereocenters. The molecule has 0 aromatic heterocycles. The van der Waals surface area contributed by atoms with Crippen molar-refractivity contribution in [3.63, 3.8) is 0 Å². The van der Waals surface area contributed by atoms with Crippen LogP contribution in [0.4, 0.5) is 4.79 Å². The molecule has 5 nitrogen and oxygen atoms in total. The first-order valence-electron chi connectivity index (χ1n) is 7.65. The summed E-state index contributed by atoms with van der Waals surface area (Å²) in [5, 5.41) is 2.89. The first kappa shape index (κ1) is 16.8. The number of hydrogen-bond donors (Lipinski definition) is 1. The molecular formula is C18H22N2O3. The van der Waals surface area contributed by atoms with E-state index in [1.165, 1.54) is 12.0 Å². The van der Waals surface area contributed by atoms with Crippen molar-refractivity contribution in [3.05, 3.63) is 60.3 Å². The molecule has 122 valence electrons. The van der Waals surface area contributed by atoms with Crippen molar-refractivity contribution < 1.29 is 14.3 Å². The van der Waals surface area contributed by atoms with Crippen molar-refractivity contribution in [2.75, 3.05) is 7.11 Å². The van der Waals surface area contributed by atoms with E-state index in [0.717, 1.165) is 5.56 Å². The summed E-state index contributed by atoms with van der Waals surface area (Å²) in [6, 6.07) is 9.70. The maximum absolute atomic E-state index is 12.3. The SMILES string of the molecule is C=CC[C@@H]1CCC(C(=O)NCc2ccccc2)=CN1C(=O)OC. The second-order valence-corrected chi connectivity index (χ2v) is 5.42. The van der Waals surface area contributed by atoms with Gasteiger partial charge in [0.15, 0.2) is 0 Å². The van der Waals surface area contributed by atoms with Crippen LogP contribution in [0.1, 0.15) is 24.8 Å². The molecule has 5 heteroatoms. The number of amides is 2. The van der Waals surface area contributed by atoms with Gasteiger partial charge in [-0.15, -0.1) is 6.58 Å². The Labute approximate surface area is 136 Å². The summed E-state index contributed by atoms with van der Waals surface area (Å²) in [5.41, 5.74) is 1.62. The zero-order valence-corrected chi connectivity index (χ0v) is 13.3. The molecule has 1 heterocycles. The number of benzene rings is 1. The number of nitrogens with one attached hydrogen (secondary N) is 1. The minimum Gasteiger partial charge on any atom is -0.452 e. The smallest absolute Gasteiger partial charge is 0.413 e. The van der Waals surface area contributed by atoms with Gasteiger partial charge in [0.25, 0.3) is 0 Å². The Morgan fingerprint density at radius 2 is 2.13 bits per heavy atom. The van der Waals surface area contributed by atoms with E-state index in [2.05, 4.69) is 11.9 Å². The molecule has 1 aromatic carbocycles. The highest BCUT2D eigenvalue weighted by molar-refractivity contribution is 5.94. The van der Waals surface area contributed by atoms with E-state index in [0.29, 0.717) is 31.4 Å². The Kier molecular flexibility index (Phi) is 5.97. The topological polar surface area (TPSA) is 58.6 Å². The van der Waals surface area contributed by atoms with Crippen molar-refractivity contribution in [3.8, 4) is 0 Å². The highest BCUT2D eigenvalue weighted by Gasteiger charge is 2.28. The molecule has 1 aliphatic heterocycles. The van der Waals surface area contributed by atoms with E-state index in [4.69, 9.17) is 4.74 Å². The first-order chi connectivity index (χ1) is 11.2. The minimum absolute atomic E-state index is 0.00868. The highest BCUT2D eigenvalue weighted by Crippen LogP contribution is 2.24. The third-order valence-electron chi connectivity index (χ3n) is 3.85. The van der Waals surface area contributed by atoms with Crippen LogP contribution in [0.5, 0.6) is 0 Å². The van der Waals surface area contributed by atoms with Crippen LogP contribution in [-0.2, 0) is 16.1 Å². The summed E-state index contributed by atoms with van der Waals surface area (Å²) < 4.78 is 4.80. The van der Waals surface area contributed by atoms with Gasteiger partial charge in [-0.3, -0.25) is 9.69 Å².